The van der Waals surface area contributed by atoms with E-state index in [1.54, 1.807) is 0 Å². The highest BCUT2D eigenvalue weighted by molar-refractivity contribution is 5.76. The van der Waals surface area contributed by atoms with E-state index in [1.807, 2.05) is 6.92 Å². The molecule has 2 unspecified atom stereocenters. The summed E-state index contributed by atoms with van der Waals surface area (Å²) in [6.45, 7) is 6.70. The molecule has 0 saturated heterocycles. The van der Waals surface area contributed by atoms with Crippen LogP contribution < -0.4 is 11.1 Å². The molecule has 0 aromatic heterocycles. The minimum Gasteiger partial charge on any atom is -0.350 e. The van der Waals surface area contributed by atoms with E-state index < -0.39 is 0 Å². The van der Waals surface area contributed by atoms with Gasteiger partial charge < -0.3 is 11.1 Å². The van der Waals surface area contributed by atoms with E-state index in [1.165, 1.54) is 5.56 Å². The Hall–Kier alpha value is -1.35. The van der Waals surface area contributed by atoms with Crippen molar-refractivity contribution in [3.05, 3.63) is 35.4 Å². The van der Waals surface area contributed by atoms with Crippen LogP contribution in [0.3, 0.4) is 0 Å². The second-order valence-corrected chi connectivity index (χ2v) is 4.91. The molecule has 2 atom stereocenters. The molecule has 1 rings (SSSR count). The van der Waals surface area contributed by atoms with Crippen LogP contribution in [0.4, 0.5) is 0 Å². The molecule has 0 aliphatic carbocycles. The lowest BCUT2D eigenvalue weighted by Gasteiger charge is -2.17. The molecule has 0 heterocycles. The summed E-state index contributed by atoms with van der Waals surface area (Å²) in [5, 5.41) is 3.02. The van der Waals surface area contributed by atoms with Gasteiger partial charge in [-0.05, 0) is 31.9 Å². The maximum Gasteiger partial charge on any atom is 0.220 e. The number of hydrogen-bond acceptors (Lipinski definition) is 2. The van der Waals surface area contributed by atoms with E-state index in [2.05, 4.69) is 43.4 Å². The lowest BCUT2D eigenvalue weighted by atomic mass is 10.0. The van der Waals surface area contributed by atoms with Crippen LogP contribution in [0.15, 0.2) is 24.3 Å². The fourth-order valence-corrected chi connectivity index (χ4v) is 1.90. The van der Waals surface area contributed by atoms with Crippen LogP contribution >= 0.6 is 0 Å². The van der Waals surface area contributed by atoms with E-state index in [4.69, 9.17) is 5.73 Å². The van der Waals surface area contributed by atoms with Gasteiger partial charge in [0.1, 0.15) is 0 Å². The van der Waals surface area contributed by atoms with Gasteiger partial charge in [0.25, 0.3) is 0 Å². The molecular formula is C15H24N2O. The molecule has 1 aromatic rings. The van der Waals surface area contributed by atoms with E-state index in [0.717, 1.165) is 12.0 Å². The van der Waals surface area contributed by atoms with Gasteiger partial charge in [-0.15, -0.1) is 0 Å². The minimum atomic E-state index is 0.0494. The molecule has 3 heteroatoms. The van der Waals surface area contributed by atoms with Crippen LogP contribution in [0, 0.1) is 12.8 Å². The van der Waals surface area contributed by atoms with Crippen molar-refractivity contribution in [1.82, 2.24) is 5.32 Å². The predicted octanol–water partition coefficient (Wildman–Crippen LogP) is 2.55. The van der Waals surface area contributed by atoms with Crippen LogP contribution in [0.25, 0.3) is 0 Å². The monoisotopic (exact) mass is 248 g/mol. The van der Waals surface area contributed by atoms with Crippen molar-refractivity contribution in [2.24, 2.45) is 11.7 Å². The van der Waals surface area contributed by atoms with Crippen LogP contribution in [0.2, 0.25) is 0 Å². The molecule has 1 amide bonds. The van der Waals surface area contributed by atoms with Gasteiger partial charge in [0.15, 0.2) is 0 Å². The van der Waals surface area contributed by atoms with Crippen molar-refractivity contribution in [3.63, 3.8) is 0 Å². The summed E-state index contributed by atoms with van der Waals surface area (Å²) in [6.07, 6.45) is 1.46. The Morgan fingerprint density at radius 2 is 1.94 bits per heavy atom. The smallest absolute Gasteiger partial charge is 0.220 e. The maximum absolute atomic E-state index is 11.9. The van der Waals surface area contributed by atoms with Crippen LogP contribution in [0.5, 0.6) is 0 Å². The largest absolute Gasteiger partial charge is 0.350 e. The van der Waals surface area contributed by atoms with Crippen LogP contribution in [-0.4, -0.2) is 12.5 Å². The van der Waals surface area contributed by atoms with E-state index in [-0.39, 0.29) is 17.9 Å². The molecule has 3 nitrogen and oxygen atoms in total. The first kappa shape index (κ1) is 14.7. The van der Waals surface area contributed by atoms with Crippen LogP contribution in [0.1, 0.15) is 43.9 Å². The van der Waals surface area contributed by atoms with E-state index >= 15 is 0 Å². The predicted molar refractivity (Wildman–Crippen MR) is 75.2 cm³/mol. The first-order chi connectivity index (χ1) is 8.56. The minimum absolute atomic E-state index is 0.0494. The zero-order valence-corrected chi connectivity index (χ0v) is 11.6. The maximum atomic E-state index is 11.9. The fourth-order valence-electron chi connectivity index (χ4n) is 1.90. The second kappa shape index (κ2) is 7.17. The van der Waals surface area contributed by atoms with Crippen molar-refractivity contribution in [2.45, 2.75) is 39.7 Å². The highest BCUT2D eigenvalue weighted by Crippen LogP contribution is 2.14. The molecule has 1 aromatic carbocycles. The number of hydrogen-bond donors (Lipinski definition) is 2. The number of amides is 1. The standard InChI is InChI=1S/C15H24N2O/c1-4-13(10-16)9-15(18)17-12(3)14-7-5-11(2)6-8-14/h5-8,12-13H,4,9-10,16H2,1-3H3,(H,17,18). The van der Waals surface area contributed by atoms with Crippen LogP contribution in [-0.2, 0) is 4.79 Å². The summed E-state index contributed by atoms with van der Waals surface area (Å²) < 4.78 is 0. The average Bonchev–Trinajstić information content (AvgIpc) is 2.36. The Morgan fingerprint density at radius 1 is 1.33 bits per heavy atom. The Labute approximate surface area is 110 Å². The molecule has 0 bridgehead atoms. The van der Waals surface area contributed by atoms with E-state index in [0.29, 0.717) is 13.0 Å². The first-order valence-corrected chi connectivity index (χ1v) is 6.62. The van der Waals surface area contributed by atoms with Crippen molar-refractivity contribution < 1.29 is 4.79 Å². The summed E-state index contributed by atoms with van der Waals surface area (Å²) in [7, 11) is 0. The van der Waals surface area contributed by atoms with Gasteiger partial charge >= 0.3 is 0 Å². The Kier molecular flexibility index (Phi) is 5.86. The first-order valence-electron chi connectivity index (χ1n) is 6.62. The summed E-state index contributed by atoms with van der Waals surface area (Å²) in [4.78, 5) is 11.9. The number of nitrogens with one attached hydrogen (secondary N) is 1. The zero-order chi connectivity index (χ0) is 13.5. The third kappa shape index (κ3) is 4.49. The third-order valence-corrected chi connectivity index (χ3v) is 3.34. The average molecular weight is 248 g/mol. The molecule has 0 fully saturated rings. The topological polar surface area (TPSA) is 55.1 Å². The van der Waals surface area contributed by atoms with Gasteiger partial charge in [-0.1, -0.05) is 43.2 Å². The molecular weight excluding hydrogens is 224 g/mol. The van der Waals surface area contributed by atoms with Crippen molar-refractivity contribution >= 4 is 5.91 Å². The number of nitrogens with two attached hydrogens (primary N) is 1. The molecule has 0 aliphatic rings. The highest BCUT2D eigenvalue weighted by Gasteiger charge is 2.13. The molecule has 0 spiro atoms. The van der Waals surface area contributed by atoms with Gasteiger partial charge in [0.2, 0.25) is 5.91 Å². The number of benzene rings is 1. The van der Waals surface area contributed by atoms with Gasteiger partial charge in [0, 0.05) is 6.42 Å². The summed E-state index contributed by atoms with van der Waals surface area (Å²) in [5.41, 5.74) is 7.97. The SMILES string of the molecule is CCC(CN)CC(=O)NC(C)c1ccc(C)cc1. The van der Waals surface area contributed by atoms with Crippen molar-refractivity contribution in [1.29, 1.82) is 0 Å². The highest BCUT2D eigenvalue weighted by atomic mass is 16.1. The fraction of sp³-hybridized carbons (Fsp3) is 0.533. The summed E-state index contributed by atoms with van der Waals surface area (Å²) in [6, 6.07) is 8.29. The quantitative estimate of drug-likeness (QED) is 0.813. The third-order valence-electron chi connectivity index (χ3n) is 3.34. The molecule has 18 heavy (non-hydrogen) atoms. The lowest BCUT2D eigenvalue weighted by Crippen LogP contribution is -2.30. The van der Waals surface area contributed by atoms with Gasteiger partial charge in [-0.2, -0.15) is 0 Å². The second-order valence-electron chi connectivity index (χ2n) is 4.91. The van der Waals surface area contributed by atoms with Crippen molar-refractivity contribution in [2.75, 3.05) is 6.54 Å². The normalized spacial score (nSPS) is 14.0. The number of carbonyl (C=O) groups excluding carboxylic acids is 1. The molecule has 3 N–H and O–H groups in total. The van der Waals surface area contributed by atoms with Crippen molar-refractivity contribution in [3.8, 4) is 0 Å². The number of rotatable bonds is 6. The molecule has 0 radical (unpaired) electrons. The molecule has 0 aliphatic heterocycles. The molecule has 100 valence electrons. The van der Waals surface area contributed by atoms with Gasteiger partial charge in [0.05, 0.1) is 6.04 Å². The van der Waals surface area contributed by atoms with Gasteiger partial charge in [-0.25, -0.2) is 0 Å². The summed E-state index contributed by atoms with van der Waals surface area (Å²) >= 11 is 0. The van der Waals surface area contributed by atoms with Gasteiger partial charge in [-0.3, -0.25) is 4.79 Å². The Morgan fingerprint density at radius 3 is 2.44 bits per heavy atom. The lowest BCUT2D eigenvalue weighted by molar-refractivity contribution is -0.122. The summed E-state index contributed by atoms with van der Waals surface area (Å²) in [5.74, 6) is 0.371. The number of aryl methyl sites for hydroxylation is 1. The molecule has 0 saturated carbocycles. The number of carbonyl (C=O) groups is 1. The Bertz CT molecular complexity index is 369. The van der Waals surface area contributed by atoms with E-state index in [9.17, 15) is 4.79 Å². The zero-order valence-electron chi connectivity index (χ0n) is 11.6. The Balaban J connectivity index is 2.51.